The fourth-order valence-electron chi connectivity index (χ4n) is 2.12. The normalized spacial score (nSPS) is 12.3. The first-order chi connectivity index (χ1) is 11.1. The van der Waals surface area contributed by atoms with E-state index in [-0.39, 0.29) is 6.10 Å². The summed E-state index contributed by atoms with van der Waals surface area (Å²) in [5.74, 6) is -0.392. The van der Waals surface area contributed by atoms with Gasteiger partial charge in [-0.1, -0.05) is 30.3 Å². The topological polar surface area (TPSA) is 51.7 Å². The van der Waals surface area contributed by atoms with Crippen LogP contribution in [0.25, 0.3) is 0 Å². The van der Waals surface area contributed by atoms with Crippen molar-refractivity contribution in [3.8, 4) is 0 Å². The predicted molar refractivity (Wildman–Crippen MR) is 90.6 cm³/mol. The molecule has 0 aliphatic rings. The van der Waals surface area contributed by atoms with Gasteiger partial charge >= 0.3 is 5.97 Å². The van der Waals surface area contributed by atoms with Gasteiger partial charge in [-0.05, 0) is 19.7 Å². The molecule has 0 N–H and O–H groups in total. The molecule has 0 spiro atoms. The summed E-state index contributed by atoms with van der Waals surface area (Å²) in [6.07, 6.45) is 0.455. The van der Waals surface area contributed by atoms with E-state index in [0.29, 0.717) is 12.3 Å². The van der Waals surface area contributed by atoms with Crippen LogP contribution in [0.3, 0.4) is 0 Å². The molecule has 0 aliphatic carbocycles. The molecular formula is C17H22N2O3S. The lowest BCUT2D eigenvalue weighted by molar-refractivity contribution is 0.0255. The van der Waals surface area contributed by atoms with Crippen LogP contribution in [0.1, 0.15) is 33.6 Å². The number of ether oxygens (including phenoxy) is 2. The maximum Gasteiger partial charge on any atom is 0.358 e. The van der Waals surface area contributed by atoms with Gasteiger partial charge in [0.15, 0.2) is 5.69 Å². The van der Waals surface area contributed by atoms with Crippen LogP contribution in [0.15, 0.2) is 35.7 Å². The van der Waals surface area contributed by atoms with E-state index in [1.807, 2.05) is 44.4 Å². The molecule has 0 unspecified atom stereocenters. The Hall–Kier alpha value is -1.76. The number of hydrogen-bond donors (Lipinski definition) is 0. The van der Waals surface area contributed by atoms with Crippen LogP contribution in [0, 0.1) is 0 Å². The van der Waals surface area contributed by atoms with Gasteiger partial charge in [-0.3, -0.25) is 0 Å². The zero-order valence-corrected chi connectivity index (χ0v) is 14.5. The standard InChI is InChI=1S/C17H22N2O3S/c1-19(2)10-9-15(13-7-5-4-6-8-13)22-17(20)14-12-23-16(18-14)11-21-3/h4-8,12,15H,9-11H2,1-3H3/t15-/m1/s1. The van der Waals surface area contributed by atoms with Crippen molar-refractivity contribution in [2.45, 2.75) is 19.1 Å². The van der Waals surface area contributed by atoms with Gasteiger partial charge in [-0.15, -0.1) is 11.3 Å². The number of rotatable bonds is 8. The first-order valence-corrected chi connectivity index (χ1v) is 8.32. The van der Waals surface area contributed by atoms with Gasteiger partial charge in [0.2, 0.25) is 0 Å². The lowest BCUT2D eigenvalue weighted by Crippen LogP contribution is -2.19. The van der Waals surface area contributed by atoms with Gasteiger partial charge in [0.25, 0.3) is 0 Å². The number of carbonyl (C=O) groups is 1. The van der Waals surface area contributed by atoms with Crippen molar-refractivity contribution < 1.29 is 14.3 Å². The van der Waals surface area contributed by atoms with E-state index < -0.39 is 5.97 Å². The number of benzene rings is 1. The average Bonchev–Trinajstić information content (AvgIpc) is 3.01. The van der Waals surface area contributed by atoms with E-state index in [9.17, 15) is 4.79 Å². The third-order valence-electron chi connectivity index (χ3n) is 3.29. The second-order valence-electron chi connectivity index (χ2n) is 5.46. The highest BCUT2D eigenvalue weighted by atomic mass is 32.1. The van der Waals surface area contributed by atoms with Crippen LogP contribution >= 0.6 is 11.3 Å². The van der Waals surface area contributed by atoms with Gasteiger partial charge < -0.3 is 14.4 Å². The lowest BCUT2D eigenvalue weighted by atomic mass is 10.1. The van der Waals surface area contributed by atoms with E-state index in [2.05, 4.69) is 9.88 Å². The van der Waals surface area contributed by atoms with E-state index in [1.165, 1.54) is 11.3 Å². The zero-order valence-electron chi connectivity index (χ0n) is 13.7. The average molecular weight is 334 g/mol. The summed E-state index contributed by atoms with van der Waals surface area (Å²) in [6, 6.07) is 9.80. The molecule has 23 heavy (non-hydrogen) atoms. The van der Waals surface area contributed by atoms with Gasteiger partial charge in [0.1, 0.15) is 11.1 Å². The van der Waals surface area contributed by atoms with Crippen LogP contribution in [0.5, 0.6) is 0 Å². The molecule has 1 aromatic carbocycles. The van der Waals surface area contributed by atoms with Gasteiger partial charge in [-0.25, -0.2) is 9.78 Å². The van der Waals surface area contributed by atoms with Crippen molar-refractivity contribution in [3.05, 3.63) is 52.0 Å². The molecule has 5 nitrogen and oxygen atoms in total. The van der Waals surface area contributed by atoms with Crippen LogP contribution in [-0.2, 0) is 16.1 Å². The summed E-state index contributed by atoms with van der Waals surface area (Å²) >= 11 is 1.40. The Kier molecular flexibility index (Phi) is 6.70. The molecule has 1 heterocycles. The van der Waals surface area contributed by atoms with Crippen LogP contribution < -0.4 is 0 Å². The Labute approximate surface area is 140 Å². The van der Waals surface area contributed by atoms with Crippen LogP contribution in [0.2, 0.25) is 0 Å². The van der Waals surface area contributed by atoms with Crippen molar-refractivity contribution in [3.63, 3.8) is 0 Å². The monoisotopic (exact) mass is 334 g/mol. The highest BCUT2D eigenvalue weighted by Crippen LogP contribution is 2.23. The van der Waals surface area contributed by atoms with Crippen LogP contribution in [0.4, 0.5) is 0 Å². The van der Waals surface area contributed by atoms with E-state index in [1.54, 1.807) is 12.5 Å². The minimum Gasteiger partial charge on any atom is -0.453 e. The molecule has 124 valence electrons. The first-order valence-electron chi connectivity index (χ1n) is 7.44. The fraction of sp³-hybridized carbons (Fsp3) is 0.412. The van der Waals surface area contributed by atoms with E-state index in [4.69, 9.17) is 9.47 Å². The Morgan fingerprint density at radius 1 is 1.30 bits per heavy atom. The SMILES string of the molecule is COCc1nc(C(=O)O[C@H](CCN(C)C)c2ccccc2)cs1. The zero-order chi connectivity index (χ0) is 16.7. The van der Waals surface area contributed by atoms with E-state index >= 15 is 0 Å². The second-order valence-corrected chi connectivity index (χ2v) is 6.40. The molecule has 0 amide bonds. The van der Waals surface area contributed by atoms with Gasteiger partial charge in [0, 0.05) is 25.5 Å². The molecule has 0 aliphatic heterocycles. The lowest BCUT2D eigenvalue weighted by Gasteiger charge is -2.20. The van der Waals surface area contributed by atoms with Crippen molar-refractivity contribution in [2.75, 3.05) is 27.7 Å². The maximum atomic E-state index is 12.4. The molecule has 1 aromatic heterocycles. The summed E-state index contributed by atoms with van der Waals surface area (Å²) in [5.41, 5.74) is 1.34. The highest BCUT2D eigenvalue weighted by molar-refractivity contribution is 7.09. The summed E-state index contributed by atoms with van der Waals surface area (Å²) in [7, 11) is 5.61. The number of esters is 1. The maximum absolute atomic E-state index is 12.4. The van der Waals surface area contributed by atoms with Crippen molar-refractivity contribution in [1.29, 1.82) is 0 Å². The number of nitrogens with zero attached hydrogens (tertiary/aromatic N) is 2. The quantitative estimate of drug-likeness (QED) is 0.694. The molecular weight excluding hydrogens is 312 g/mol. The Balaban J connectivity index is 2.07. The summed E-state index contributed by atoms with van der Waals surface area (Å²) in [5, 5.41) is 2.48. The molecule has 2 aromatic rings. The third-order valence-corrected chi connectivity index (χ3v) is 4.11. The fourth-order valence-corrected chi connectivity index (χ4v) is 2.85. The molecule has 0 radical (unpaired) electrons. The van der Waals surface area contributed by atoms with Gasteiger partial charge in [-0.2, -0.15) is 0 Å². The first kappa shape index (κ1) is 17.6. The number of carbonyl (C=O) groups excluding carboxylic acids is 1. The molecule has 2 rings (SSSR count). The summed E-state index contributed by atoms with van der Waals surface area (Å²) in [6.45, 7) is 1.24. The van der Waals surface area contributed by atoms with Crippen molar-refractivity contribution >= 4 is 17.3 Å². The van der Waals surface area contributed by atoms with E-state index in [0.717, 1.165) is 23.5 Å². The second kappa shape index (κ2) is 8.76. The number of methoxy groups -OCH3 is 1. The Morgan fingerprint density at radius 2 is 2.04 bits per heavy atom. The smallest absolute Gasteiger partial charge is 0.358 e. The van der Waals surface area contributed by atoms with Crippen LogP contribution in [-0.4, -0.2) is 43.6 Å². The predicted octanol–water partition coefficient (Wildman–Crippen LogP) is 3.14. The molecule has 0 bridgehead atoms. The van der Waals surface area contributed by atoms with Gasteiger partial charge in [0.05, 0.1) is 6.61 Å². The summed E-state index contributed by atoms with van der Waals surface area (Å²) in [4.78, 5) is 18.7. The highest BCUT2D eigenvalue weighted by Gasteiger charge is 2.20. The molecule has 6 heteroatoms. The summed E-state index contributed by atoms with van der Waals surface area (Å²) < 4.78 is 10.7. The minimum absolute atomic E-state index is 0.279. The Bertz CT molecular complexity index is 613. The number of aromatic nitrogens is 1. The number of hydrogen-bond acceptors (Lipinski definition) is 6. The molecule has 0 saturated heterocycles. The molecule has 1 atom stereocenters. The molecule has 0 saturated carbocycles. The largest absolute Gasteiger partial charge is 0.453 e. The van der Waals surface area contributed by atoms with Crippen molar-refractivity contribution in [2.24, 2.45) is 0 Å². The minimum atomic E-state index is -0.392. The number of thiazole rings is 1. The Morgan fingerprint density at radius 3 is 2.70 bits per heavy atom. The molecule has 0 fully saturated rings. The third kappa shape index (κ3) is 5.42. The van der Waals surface area contributed by atoms with Crippen molar-refractivity contribution in [1.82, 2.24) is 9.88 Å².